The van der Waals surface area contributed by atoms with Gasteiger partial charge in [-0.05, 0) is 17.7 Å². The fraction of sp³-hybridized carbons (Fsp3) is 0.333. The minimum absolute atomic E-state index is 0.167. The summed E-state index contributed by atoms with van der Waals surface area (Å²) in [5.41, 5.74) is 0.167. The molecule has 1 aromatic carbocycles. The van der Waals surface area contributed by atoms with Gasteiger partial charge in [0.05, 0.1) is 6.61 Å². The molecule has 0 aromatic heterocycles. The predicted octanol–water partition coefficient (Wildman–Crippen LogP) is 2.40. The van der Waals surface area contributed by atoms with Gasteiger partial charge in [0.2, 0.25) is 0 Å². The first-order valence-corrected chi connectivity index (χ1v) is 4.03. The molecule has 1 N–H and O–H groups in total. The molecule has 0 radical (unpaired) electrons. The summed E-state index contributed by atoms with van der Waals surface area (Å²) in [6, 6.07) is 4.48. The lowest BCUT2D eigenvalue weighted by molar-refractivity contribution is -0.331. The number of aliphatic hydroxyl groups is 1. The van der Waals surface area contributed by atoms with Gasteiger partial charge in [0, 0.05) is 0 Å². The maximum atomic E-state index is 12.4. The maximum Gasteiger partial charge on any atom is 0.522 e. The Morgan fingerprint density at radius 1 is 1.20 bits per heavy atom. The Morgan fingerprint density at radius 2 is 1.73 bits per heavy atom. The molecule has 0 amide bonds. The predicted molar refractivity (Wildman–Crippen MR) is 43.4 cm³/mol. The van der Waals surface area contributed by atoms with Crippen LogP contribution in [0.15, 0.2) is 24.3 Å². The van der Waals surface area contributed by atoms with Crippen LogP contribution in [0.5, 0.6) is 0 Å². The van der Waals surface area contributed by atoms with Crippen LogP contribution in [0.1, 0.15) is 11.7 Å². The second-order valence-corrected chi connectivity index (χ2v) is 2.82. The zero-order valence-corrected chi connectivity index (χ0v) is 7.46. The molecule has 84 valence electrons. The molecular formula is C9H8F4O2. The molecule has 0 saturated heterocycles. The highest BCUT2D eigenvalue weighted by atomic mass is 19.4. The van der Waals surface area contributed by atoms with Crippen molar-refractivity contribution in [1.29, 1.82) is 0 Å². The Kier molecular flexibility index (Phi) is 3.65. The molecule has 0 spiro atoms. The third-order valence-corrected chi connectivity index (χ3v) is 1.66. The van der Waals surface area contributed by atoms with Crippen molar-refractivity contribution in [2.45, 2.75) is 12.5 Å². The molecule has 0 fully saturated rings. The van der Waals surface area contributed by atoms with Crippen LogP contribution in [0.4, 0.5) is 17.6 Å². The van der Waals surface area contributed by atoms with Crippen molar-refractivity contribution in [3.05, 3.63) is 35.6 Å². The van der Waals surface area contributed by atoms with E-state index in [4.69, 9.17) is 0 Å². The van der Waals surface area contributed by atoms with Crippen LogP contribution >= 0.6 is 0 Å². The molecule has 0 aliphatic carbocycles. The van der Waals surface area contributed by atoms with Crippen LogP contribution in [-0.4, -0.2) is 18.1 Å². The molecule has 15 heavy (non-hydrogen) atoms. The van der Waals surface area contributed by atoms with Gasteiger partial charge in [-0.1, -0.05) is 12.1 Å². The minimum Gasteiger partial charge on any atom is -0.386 e. The van der Waals surface area contributed by atoms with Gasteiger partial charge >= 0.3 is 6.36 Å². The molecule has 0 aliphatic heterocycles. The van der Waals surface area contributed by atoms with Gasteiger partial charge < -0.3 is 5.11 Å². The first kappa shape index (κ1) is 11.9. The summed E-state index contributed by atoms with van der Waals surface area (Å²) in [6.45, 7) is -0.908. The van der Waals surface area contributed by atoms with E-state index in [1.807, 2.05) is 0 Å². The normalized spacial score (nSPS) is 13.9. The van der Waals surface area contributed by atoms with Crippen LogP contribution in [0.2, 0.25) is 0 Å². The van der Waals surface area contributed by atoms with Gasteiger partial charge in [-0.3, -0.25) is 4.74 Å². The van der Waals surface area contributed by atoms with E-state index in [0.717, 1.165) is 12.1 Å². The number of hydrogen-bond donors (Lipinski definition) is 1. The average Bonchev–Trinajstić information content (AvgIpc) is 2.14. The molecule has 1 aromatic rings. The van der Waals surface area contributed by atoms with Crippen LogP contribution in [0.25, 0.3) is 0 Å². The highest BCUT2D eigenvalue weighted by Gasteiger charge is 2.30. The molecule has 0 heterocycles. The second-order valence-electron chi connectivity index (χ2n) is 2.82. The topological polar surface area (TPSA) is 29.5 Å². The van der Waals surface area contributed by atoms with E-state index >= 15 is 0 Å². The number of halogens is 4. The molecule has 2 nitrogen and oxygen atoms in total. The highest BCUT2D eigenvalue weighted by Crippen LogP contribution is 2.20. The average molecular weight is 224 g/mol. The van der Waals surface area contributed by atoms with Crippen molar-refractivity contribution in [2.75, 3.05) is 6.61 Å². The van der Waals surface area contributed by atoms with Crippen LogP contribution in [-0.2, 0) is 4.74 Å². The maximum absolute atomic E-state index is 12.4. The molecule has 1 rings (SSSR count). The highest BCUT2D eigenvalue weighted by molar-refractivity contribution is 5.18. The summed E-state index contributed by atoms with van der Waals surface area (Å²) in [4.78, 5) is 0. The van der Waals surface area contributed by atoms with Crippen molar-refractivity contribution in [1.82, 2.24) is 0 Å². The lowest BCUT2D eigenvalue weighted by Crippen LogP contribution is -2.18. The molecular weight excluding hydrogens is 216 g/mol. The molecule has 0 saturated carbocycles. The van der Waals surface area contributed by atoms with E-state index in [0.29, 0.717) is 0 Å². The van der Waals surface area contributed by atoms with E-state index in [1.165, 1.54) is 12.1 Å². The first-order chi connectivity index (χ1) is 6.88. The number of benzene rings is 1. The number of hydrogen-bond acceptors (Lipinski definition) is 2. The quantitative estimate of drug-likeness (QED) is 0.799. The molecule has 0 aliphatic rings. The summed E-state index contributed by atoms with van der Waals surface area (Å²) in [7, 11) is 0. The smallest absolute Gasteiger partial charge is 0.386 e. The standard InChI is InChI=1S/C9H8F4O2/c10-7-3-1-6(2-4-7)8(14)5-15-9(11,12)13/h1-4,8,14H,5H2/t8-/m1/s1. The molecule has 1 atom stereocenters. The van der Waals surface area contributed by atoms with Crippen molar-refractivity contribution >= 4 is 0 Å². The Bertz CT molecular complexity index is 307. The Hall–Kier alpha value is -1.14. The molecule has 0 bridgehead atoms. The first-order valence-electron chi connectivity index (χ1n) is 4.03. The van der Waals surface area contributed by atoms with Crippen molar-refractivity contribution < 1.29 is 27.4 Å². The Labute approximate surface area is 83.1 Å². The van der Waals surface area contributed by atoms with E-state index in [2.05, 4.69) is 4.74 Å². The zero-order valence-electron chi connectivity index (χ0n) is 7.46. The zero-order chi connectivity index (χ0) is 11.5. The fourth-order valence-corrected chi connectivity index (χ4v) is 0.955. The summed E-state index contributed by atoms with van der Waals surface area (Å²) >= 11 is 0. The van der Waals surface area contributed by atoms with Gasteiger partial charge in [-0.25, -0.2) is 4.39 Å². The number of rotatable bonds is 3. The van der Waals surface area contributed by atoms with E-state index in [-0.39, 0.29) is 5.56 Å². The second kappa shape index (κ2) is 4.59. The van der Waals surface area contributed by atoms with Gasteiger partial charge in [0.15, 0.2) is 0 Å². The summed E-state index contributed by atoms with van der Waals surface area (Å²) < 4.78 is 50.7. The van der Waals surface area contributed by atoms with Gasteiger partial charge in [-0.2, -0.15) is 0 Å². The van der Waals surface area contributed by atoms with E-state index in [1.54, 1.807) is 0 Å². The van der Waals surface area contributed by atoms with Crippen molar-refractivity contribution in [2.24, 2.45) is 0 Å². The van der Waals surface area contributed by atoms with Crippen molar-refractivity contribution in [3.8, 4) is 0 Å². The van der Waals surface area contributed by atoms with Crippen LogP contribution in [0, 0.1) is 5.82 Å². The minimum atomic E-state index is -4.78. The van der Waals surface area contributed by atoms with Gasteiger partial charge in [-0.15, -0.1) is 13.2 Å². The molecule has 6 heteroatoms. The lowest BCUT2D eigenvalue weighted by Gasteiger charge is -2.12. The Morgan fingerprint density at radius 3 is 2.20 bits per heavy atom. The molecule has 0 unspecified atom stereocenters. The number of ether oxygens (including phenoxy) is 1. The summed E-state index contributed by atoms with van der Waals surface area (Å²) in [6.07, 6.45) is -6.20. The number of alkyl halides is 3. The monoisotopic (exact) mass is 224 g/mol. The van der Waals surface area contributed by atoms with E-state index < -0.39 is 24.9 Å². The fourth-order valence-electron chi connectivity index (χ4n) is 0.955. The van der Waals surface area contributed by atoms with Crippen LogP contribution in [0.3, 0.4) is 0 Å². The third kappa shape index (κ3) is 4.26. The van der Waals surface area contributed by atoms with Crippen molar-refractivity contribution in [3.63, 3.8) is 0 Å². The Balaban J connectivity index is 2.54. The third-order valence-electron chi connectivity index (χ3n) is 1.66. The summed E-state index contributed by atoms with van der Waals surface area (Å²) in [5, 5.41) is 9.23. The van der Waals surface area contributed by atoms with E-state index in [9.17, 15) is 22.7 Å². The lowest BCUT2D eigenvalue weighted by atomic mass is 10.1. The number of aliphatic hydroxyl groups excluding tert-OH is 1. The summed E-state index contributed by atoms with van der Waals surface area (Å²) in [5.74, 6) is -0.525. The van der Waals surface area contributed by atoms with Gasteiger partial charge in [0.25, 0.3) is 0 Å². The van der Waals surface area contributed by atoms with Gasteiger partial charge in [0.1, 0.15) is 11.9 Å². The van der Waals surface area contributed by atoms with Crippen LogP contribution < -0.4 is 0 Å². The largest absolute Gasteiger partial charge is 0.522 e. The SMILES string of the molecule is O[C@H](COC(F)(F)F)c1ccc(F)cc1.